The van der Waals surface area contributed by atoms with Gasteiger partial charge in [-0.3, -0.25) is 0 Å². The summed E-state index contributed by atoms with van der Waals surface area (Å²) in [6.07, 6.45) is 1.72. The van der Waals surface area contributed by atoms with E-state index < -0.39 is 0 Å². The van der Waals surface area contributed by atoms with E-state index in [0.29, 0.717) is 0 Å². The van der Waals surface area contributed by atoms with Gasteiger partial charge in [0.15, 0.2) is 5.82 Å². The summed E-state index contributed by atoms with van der Waals surface area (Å²) in [7, 11) is 0. The van der Waals surface area contributed by atoms with Gasteiger partial charge in [-0.2, -0.15) is 0 Å². The highest BCUT2D eigenvalue weighted by Crippen LogP contribution is 2.16. The van der Waals surface area contributed by atoms with Gasteiger partial charge in [-0.1, -0.05) is 20.4 Å². The molecule has 0 aromatic carbocycles. The third-order valence-corrected chi connectivity index (χ3v) is 1.36. The van der Waals surface area contributed by atoms with Crippen LogP contribution in [0.2, 0.25) is 0 Å². The predicted octanol–water partition coefficient (Wildman–Crippen LogP) is 3.50. The van der Waals surface area contributed by atoms with Crippen LogP contribution in [0.4, 0.5) is 5.82 Å². The molecule has 1 aromatic rings. The first-order valence-electron chi connectivity index (χ1n) is 4.84. The van der Waals surface area contributed by atoms with Gasteiger partial charge in [0, 0.05) is 5.71 Å². The van der Waals surface area contributed by atoms with Gasteiger partial charge in [0.2, 0.25) is 0 Å². The van der Waals surface area contributed by atoms with Gasteiger partial charge in [-0.25, -0.2) is 9.98 Å². The fraction of sp³-hybridized carbons (Fsp3) is 0.455. The molecule has 1 aromatic heterocycles. The lowest BCUT2D eigenvalue weighted by atomic mass is 10.4. The van der Waals surface area contributed by atoms with E-state index in [1.165, 1.54) is 0 Å². The van der Waals surface area contributed by atoms with E-state index >= 15 is 0 Å². The highest BCUT2D eigenvalue weighted by molar-refractivity contribution is 5.82. The molecule has 0 amide bonds. The van der Waals surface area contributed by atoms with Gasteiger partial charge in [-0.05, 0) is 26.8 Å². The average Bonchev–Trinajstić information content (AvgIpc) is 2.48. The molecule has 1 N–H and O–H groups in total. The summed E-state index contributed by atoms with van der Waals surface area (Å²) in [4.78, 5) is 11.5. The highest BCUT2D eigenvalue weighted by atomic mass is 15.0. The molecule has 0 fully saturated rings. The maximum absolute atomic E-state index is 4.25. The second kappa shape index (κ2) is 6.13. The van der Waals surface area contributed by atoms with Crippen molar-refractivity contribution in [3.8, 4) is 0 Å². The molecule has 78 valence electrons. The summed E-state index contributed by atoms with van der Waals surface area (Å²) in [6, 6.07) is 0. The Morgan fingerprint density at radius 3 is 2.43 bits per heavy atom. The largest absolute Gasteiger partial charge is 0.341 e. The zero-order valence-electron chi connectivity index (χ0n) is 9.68. The SMILES string of the molecule is C=Cc1[nH]c(C)nc1N=C(C)C.CC. The lowest BCUT2D eigenvalue weighted by Crippen LogP contribution is -1.79. The first-order valence-corrected chi connectivity index (χ1v) is 4.84. The quantitative estimate of drug-likeness (QED) is 0.717. The standard InChI is InChI=1S/C9H13N3.C2H6/c1-5-8-9(10-6(2)3)12-7(4)11-8;1-2/h5H,1H2,2-4H3,(H,11,12);1-2H3. The molecule has 1 rings (SSSR count). The summed E-state index contributed by atoms with van der Waals surface area (Å²) in [5.74, 6) is 1.59. The molecule has 3 heteroatoms. The number of aliphatic imine (C=N–C) groups is 1. The van der Waals surface area contributed by atoms with Crippen LogP contribution in [-0.4, -0.2) is 15.7 Å². The van der Waals surface area contributed by atoms with E-state index in [9.17, 15) is 0 Å². The number of hydrogen-bond donors (Lipinski definition) is 1. The first kappa shape index (κ1) is 12.6. The van der Waals surface area contributed by atoms with Crippen LogP contribution in [0, 0.1) is 6.92 Å². The summed E-state index contributed by atoms with van der Waals surface area (Å²) in [6.45, 7) is 13.5. The second-order valence-electron chi connectivity index (χ2n) is 2.82. The van der Waals surface area contributed by atoms with Gasteiger partial charge >= 0.3 is 0 Å². The number of hydrogen-bond acceptors (Lipinski definition) is 2. The number of imidazole rings is 1. The maximum atomic E-state index is 4.25. The number of aromatic nitrogens is 2. The van der Waals surface area contributed by atoms with Crippen LogP contribution in [0.5, 0.6) is 0 Å². The van der Waals surface area contributed by atoms with Crippen LogP contribution < -0.4 is 0 Å². The number of aromatic amines is 1. The molecule has 0 atom stereocenters. The van der Waals surface area contributed by atoms with Crippen molar-refractivity contribution in [2.24, 2.45) is 4.99 Å². The molecule has 0 saturated carbocycles. The van der Waals surface area contributed by atoms with Crippen molar-refractivity contribution in [3.63, 3.8) is 0 Å². The van der Waals surface area contributed by atoms with Gasteiger partial charge in [-0.15, -0.1) is 0 Å². The minimum atomic E-state index is 0.725. The normalized spacial score (nSPS) is 8.64. The number of nitrogens with zero attached hydrogens (tertiary/aromatic N) is 2. The predicted molar refractivity (Wildman–Crippen MR) is 63.2 cm³/mol. The number of H-pyrrole nitrogens is 1. The molecule has 0 saturated heterocycles. The Hall–Kier alpha value is -1.38. The van der Waals surface area contributed by atoms with E-state index in [1.54, 1.807) is 6.08 Å². The van der Waals surface area contributed by atoms with Crippen LogP contribution in [-0.2, 0) is 0 Å². The fourth-order valence-corrected chi connectivity index (χ4v) is 0.937. The molecule has 1 heterocycles. The minimum absolute atomic E-state index is 0.725. The Kier molecular flexibility index (Phi) is 5.53. The number of nitrogens with one attached hydrogen (secondary N) is 1. The summed E-state index contributed by atoms with van der Waals surface area (Å²) < 4.78 is 0. The van der Waals surface area contributed by atoms with Crippen LogP contribution in [0.3, 0.4) is 0 Å². The third kappa shape index (κ3) is 3.56. The zero-order valence-corrected chi connectivity index (χ0v) is 9.68. The van der Waals surface area contributed by atoms with E-state index in [0.717, 1.165) is 23.0 Å². The zero-order chi connectivity index (χ0) is 11.1. The lowest BCUT2D eigenvalue weighted by molar-refractivity contribution is 1.14. The van der Waals surface area contributed by atoms with Gasteiger partial charge in [0.1, 0.15) is 5.82 Å². The van der Waals surface area contributed by atoms with Crippen molar-refractivity contribution < 1.29 is 0 Å². The Morgan fingerprint density at radius 2 is 2.00 bits per heavy atom. The van der Waals surface area contributed by atoms with Crippen molar-refractivity contribution in [1.82, 2.24) is 9.97 Å². The Labute approximate surface area is 86.0 Å². The van der Waals surface area contributed by atoms with Gasteiger partial charge in [0.05, 0.1) is 5.69 Å². The van der Waals surface area contributed by atoms with E-state index in [-0.39, 0.29) is 0 Å². The number of aryl methyl sites for hydroxylation is 1. The van der Waals surface area contributed by atoms with Crippen molar-refractivity contribution >= 4 is 17.6 Å². The molecule has 3 nitrogen and oxygen atoms in total. The highest BCUT2D eigenvalue weighted by Gasteiger charge is 2.02. The lowest BCUT2D eigenvalue weighted by Gasteiger charge is -1.89. The third-order valence-electron chi connectivity index (χ3n) is 1.36. The summed E-state index contributed by atoms with van der Waals surface area (Å²) in [5, 5.41) is 0. The number of rotatable bonds is 2. The van der Waals surface area contributed by atoms with Crippen molar-refractivity contribution in [1.29, 1.82) is 0 Å². The van der Waals surface area contributed by atoms with E-state index in [4.69, 9.17) is 0 Å². The van der Waals surface area contributed by atoms with Crippen molar-refractivity contribution in [2.45, 2.75) is 34.6 Å². The van der Waals surface area contributed by atoms with Crippen LogP contribution in [0.15, 0.2) is 11.6 Å². The Morgan fingerprint density at radius 1 is 1.43 bits per heavy atom. The molecule has 0 spiro atoms. The van der Waals surface area contributed by atoms with E-state index in [1.807, 2.05) is 34.6 Å². The first-order chi connectivity index (χ1) is 6.63. The molecule has 0 aliphatic rings. The van der Waals surface area contributed by atoms with Crippen LogP contribution in [0.25, 0.3) is 6.08 Å². The molecule has 0 radical (unpaired) electrons. The topological polar surface area (TPSA) is 41.0 Å². The smallest absolute Gasteiger partial charge is 0.177 e. The molecular weight excluding hydrogens is 174 g/mol. The van der Waals surface area contributed by atoms with Crippen molar-refractivity contribution in [2.75, 3.05) is 0 Å². The molecule has 14 heavy (non-hydrogen) atoms. The second-order valence-corrected chi connectivity index (χ2v) is 2.82. The Balaban J connectivity index is 0.000000791. The van der Waals surface area contributed by atoms with E-state index in [2.05, 4.69) is 21.5 Å². The molecular formula is C11H19N3. The van der Waals surface area contributed by atoms with Crippen LogP contribution >= 0.6 is 0 Å². The fourth-order valence-electron chi connectivity index (χ4n) is 0.937. The maximum Gasteiger partial charge on any atom is 0.177 e. The minimum Gasteiger partial charge on any atom is -0.341 e. The molecule has 0 unspecified atom stereocenters. The van der Waals surface area contributed by atoms with Crippen molar-refractivity contribution in [3.05, 3.63) is 18.1 Å². The van der Waals surface area contributed by atoms with Gasteiger partial charge in [0.25, 0.3) is 0 Å². The van der Waals surface area contributed by atoms with Crippen LogP contribution in [0.1, 0.15) is 39.2 Å². The Bertz CT molecular complexity index is 317. The average molecular weight is 193 g/mol. The monoisotopic (exact) mass is 193 g/mol. The molecule has 0 bridgehead atoms. The summed E-state index contributed by atoms with van der Waals surface area (Å²) in [5.41, 5.74) is 1.87. The molecule has 0 aliphatic heterocycles. The molecule has 0 aliphatic carbocycles. The summed E-state index contributed by atoms with van der Waals surface area (Å²) >= 11 is 0. The van der Waals surface area contributed by atoms with Gasteiger partial charge < -0.3 is 4.98 Å².